The van der Waals surface area contributed by atoms with Gasteiger partial charge < -0.3 is 5.32 Å². The molecule has 2 aromatic rings. The van der Waals surface area contributed by atoms with Crippen molar-refractivity contribution in [3.8, 4) is 0 Å². The summed E-state index contributed by atoms with van der Waals surface area (Å²) in [7, 11) is 0. The molecule has 20 heavy (non-hydrogen) atoms. The van der Waals surface area contributed by atoms with E-state index in [0.29, 0.717) is 5.92 Å². The van der Waals surface area contributed by atoms with Crippen LogP contribution >= 0.6 is 11.6 Å². The Bertz CT molecular complexity index is 551. The van der Waals surface area contributed by atoms with Gasteiger partial charge in [-0.3, -0.25) is 0 Å². The molecule has 0 aliphatic carbocycles. The Morgan fingerprint density at radius 1 is 1.10 bits per heavy atom. The first-order valence-electron chi connectivity index (χ1n) is 7.21. The molecule has 1 unspecified atom stereocenters. The van der Waals surface area contributed by atoms with Crippen LogP contribution in [0.3, 0.4) is 0 Å². The van der Waals surface area contributed by atoms with Crippen molar-refractivity contribution in [2.75, 3.05) is 13.1 Å². The van der Waals surface area contributed by atoms with Gasteiger partial charge in [0.1, 0.15) is 0 Å². The highest BCUT2D eigenvalue weighted by molar-refractivity contribution is 6.31. The minimum atomic E-state index is 0.453. The predicted molar refractivity (Wildman–Crippen MR) is 87.6 cm³/mol. The zero-order valence-corrected chi connectivity index (χ0v) is 13.0. The van der Waals surface area contributed by atoms with E-state index in [0.717, 1.165) is 24.5 Å². The average molecular weight is 288 g/mol. The van der Waals surface area contributed by atoms with Crippen LogP contribution in [0.15, 0.2) is 48.5 Å². The first kappa shape index (κ1) is 15.1. The second kappa shape index (κ2) is 7.47. The second-order valence-corrected chi connectivity index (χ2v) is 5.62. The van der Waals surface area contributed by atoms with E-state index in [1.54, 1.807) is 0 Å². The highest BCUT2D eigenvalue weighted by Crippen LogP contribution is 2.25. The van der Waals surface area contributed by atoms with Crippen LogP contribution in [0.1, 0.15) is 29.5 Å². The summed E-state index contributed by atoms with van der Waals surface area (Å²) in [5, 5.41) is 4.33. The monoisotopic (exact) mass is 287 g/mol. The number of rotatable bonds is 6. The van der Waals surface area contributed by atoms with Gasteiger partial charge >= 0.3 is 0 Å². The van der Waals surface area contributed by atoms with Gasteiger partial charge in [-0.1, -0.05) is 66.6 Å². The van der Waals surface area contributed by atoms with E-state index in [1.807, 2.05) is 12.1 Å². The van der Waals surface area contributed by atoms with Gasteiger partial charge in [0.25, 0.3) is 0 Å². The fourth-order valence-electron chi connectivity index (χ4n) is 2.48. The Hall–Kier alpha value is -1.31. The predicted octanol–water partition coefficient (Wildman–Crippen LogP) is 4.58. The first-order chi connectivity index (χ1) is 9.70. The quantitative estimate of drug-likeness (QED) is 0.820. The Balaban J connectivity index is 2.21. The fraction of sp³-hybridized carbons (Fsp3) is 0.333. The Kier molecular flexibility index (Phi) is 5.63. The molecule has 0 saturated heterocycles. The normalized spacial score (nSPS) is 12.3. The summed E-state index contributed by atoms with van der Waals surface area (Å²) in [5.41, 5.74) is 3.91. The van der Waals surface area contributed by atoms with E-state index in [-0.39, 0.29) is 0 Å². The molecule has 0 fully saturated rings. The number of aryl methyl sites for hydroxylation is 1. The third-order valence-electron chi connectivity index (χ3n) is 3.58. The van der Waals surface area contributed by atoms with E-state index in [4.69, 9.17) is 11.6 Å². The fourth-order valence-corrected chi connectivity index (χ4v) is 2.69. The maximum atomic E-state index is 6.30. The van der Waals surface area contributed by atoms with E-state index in [9.17, 15) is 0 Å². The second-order valence-electron chi connectivity index (χ2n) is 5.21. The van der Waals surface area contributed by atoms with Gasteiger partial charge in [-0.05, 0) is 37.1 Å². The van der Waals surface area contributed by atoms with Crippen molar-refractivity contribution >= 4 is 11.6 Å². The molecule has 1 nitrogen and oxygen atoms in total. The molecule has 0 aliphatic heterocycles. The van der Waals surface area contributed by atoms with Crippen molar-refractivity contribution in [1.82, 2.24) is 5.32 Å². The van der Waals surface area contributed by atoms with E-state index in [2.05, 4.69) is 55.6 Å². The summed E-state index contributed by atoms with van der Waals surface area (Å²) < 4.78 is 0. The van der Waals surface area contributed by atoms with Crippen LogP contribution in [0.4, 0.5) is 0 Å². The van der Waals surface area contributed by atoms with Gasteiger partial charge in [0.05, 0.1) is 0 Å². The summed E-state index contributed by atoms with van der Waals surface area (Å²) in [6.45, 7) is 6.25. The lowest BCUT2D eigenvalue weighted by molar-refractivity contribution is 0.595. The first-order valence-corrected chi connectivity index (χ1v) is 7.59. The standard InChI is InChI=1S/C18H22ClN/c1-3-20-13-17(15-9-6-7-14(2)11-15)12-16-8-4-5-10-18(16)19/h4-11,17,20H,3,12-13H2,1-2H3. The zero-order chi connectivity index (χ0) is 14.4. The highest BCUT2D eigenvalue weighted by atomic mass is 35.5. The lowest BCUT2D eigenvalue weighted by atomic mass is 9.91. The Morgan fingerprint density at radius 3 is 2.60 bits per heavy atom. The van der Waals surface area contributed by atoms with Gasteiger partial charge in [-0.2, -0.15) is 0 Å². The topological polar surface area (TPSA) is 12.0 Å². The van der Waals surface area contributed by atoms with Crippen LogP contribution in [0.5, 0.6) is 0 Å². The number of nitrogens with one attached hydrogen (secondary N) is 1. The zero-order valence-electron chi connectivity index (χ0n) is 12.2. The molecule has 0 spiro atoms. The molecule has 0 saturated carbocycles. The number of likely N-dealkylation sites (N-methyl/N-ethyl adjacent to an activating group) is 1. The summed E-state index contributed by atoms with van der Waals surface area (Å²) in [6, 6.07) is 16.9. The lowest BCUT2D eigenvalue weighted by Crippen LogP contribution is -2.22. The molecule has 2 rings (SSSR count). The van der Waals surface area contributed by atoms with E-state index in [1.165, 1.54) is 16.7 Å². The minimum absolute atomic E-state index is 0.453. The third kappa shape index (κ3) is 4.09. The van der Waals surface area contributed by atoms with E-state index < -0.39 is 0 Å². The van der Waals surface area contributed by atoms with Crippen molar-refractivity contribution in [3.63, 3.8) is 0 Å². The average Bonchev–Trinajstić information content (AvgIpc) is 2.45. The molecule has 1 N–H and O–H groups in total. The molecule has 2 aromatic carbocycles. The van der Waals surface area contributed by atoms with Crippen molar-refractivity contribution in [3.05, 3.63) is 70.2 Å². The van der Waals surface area contributed by atoms with Crippen molar-refractivity contribution in [2.45, 2.75) is 26.2 Å². The smallest absolute Gasteiger partial charge is 0.0438 e. The van der Waals surface area contributed by atoms with Crippen LogP contribution in [0.25, 0.3) is 0 Å². The lowest BCUT2D eigenvalue weighted by Gasteiger charge is -2.19. The molecular formula is C18H22ClN. The molecule has 1 atom stereocenters. The number of halogens is 1. The highest BCUT2D eigenvalue weighted by Gasteiger charge is 2.13. The number of benzene rings is 2. The van der Waals surface area contributed by atoms with E-state index >= 15 is 0 Å². The Morgan fingerprint density at radius 2 is 1.90 bits per heavy atom. The van der Waals surface area contributed by atoms with Gasteiger partial charge in [0.2, 0.25) is 0 Å². The number of hydrogen-bond acceptors (Lipinski definition) is 1. The largest absolute Gasteiger partial charge is 0.316 e. The Labute approximate surface area is 127 Å². The molecule has 106 valence electrons. The SMILES string of the molecule is CCNCC(Cc1ccccc1Cl)c1cccc(C)c1. The van der Waals surface area contributed by atoms with Crippen molar-refractivity contribution < 1.29 is 0 Å². The van der Waals surface area contributed by atoms with Gasteiger partial charge in [0, 0.05) is 17.5 Å². The molecule has 0 aromatic heterocycles. The van der Waals surface area contributed by atoms with Crippen LogP contribution in [-0.4, -0.2) is 13.1 Å². The molecule has 0 heterocycles. The maximum absolute atomic E-state index is 6.30. The van der Waals surface area contributed by atoms with Crippen molar-refractivity contribution in [1.29, 1.82) is 0 Å². The molecular weight excluding hydrogens is 266 g/mol. The van der Waals surface area contributed by atoms with Gasteiger partial charge in [-0.25, -0.2) is 0 Å². The third-order valence-corrected chi connectivity index (χ3v) is 3.95. The van der Waals surface area contributed by atoms with Crippen LogP contribution in [0.2, 0.25) is 5.02 Å². The molecule has 0 radical (unpaired) electrons. The maximum Gasteiger partial charge on any atom is 0.0438 e. The van der Waals surface area contributed by atoms with Gasteiger partial charge in [-0.15, -0.1) is 0 Å². The van der Waals surface area contributed by atoms with Crippen LogP contribution < -0.4 is 5.32 Å². The molecule has 2 heteroatoms. The summed E-state index contributed by atoms with van der Waals surface area (Å²) >= 11 is 6.30. The minimum Gasteiger partial charge on any atom is -0.316 e. The molecule has 0 aliphatic rings. The summed E-state index contributed by atoms with van der Waals surface area (Å²) in [6.07, 6.45) is 0.968. The van der Waals surface area contributed by atoms with Crippen LogP contribution in [0, 0.1) is 6.92 Å². The van der Waals surface area contributed by atoms with Crippen molar-refractivity contribution in [2.24, 2.45) is 0 Å². The molecule has 0 bridgehead atoms. The molecule has 0 amide bonds. The van der Waals surface area contributed by atoms with Crippen LogP contribution in [-0.2, 0) is 6.42 Å². The number of hydrogen-bond donors (Lipinski definition) is 1. The summed E-state index contributed by atoms with van der Waals surface area (Å²) in [4.78, 5) is 0. The van der Waals surface area contributed by atoms with Gasteiger partial charge in [0.15, 0.2) is 0 Å². The summed E-state index contributed by atoms with van der Waals surface area (Å²) in [5.74, 6) is 0.453.